The number of unbranched alkanes of at least 4 members (excludes halogenated alkanes) is 3. The highest BCUT2D eigenvalue weighted by atomic mass is 19.1. The van der Waals surface area contributed by atoms with Crippen molar-refractivity contribution in [2.24, 2.45) is 11.3 Å². The number of carbonyl (C=O) groups is 2. The molecule has 1 saturated carbocycles. The molecule has 0 bridgehead atoms. The minimum Gasteiger partial charge on any atom is -0.492 e. The molecule has 0 spiro atoms. The molecule has 3 aromatic rings. The summed E-state index contributed by atoms with van der Waals surface area (Å²) in [4.78, 5) is 24.5. The lowest BCUT2D eigenvalue weighted by Gasteiger charge is -2.29. The normalized spacial score (nSPS) is 15.4. The first-order chi connectivity index (χ1) is 28.8. The highest BCUT2D eigenvalue weighted by Crippen LogP contribution is 2.41. The smallest absolute Gasteiger partial charge is 0.333 e. The van der Waals surface area contributed by atoms with Crippen molar-refractivity contribution < 1.29 is 38.4 Å². The van der Waals surface area contributed by atoms with Crippen LogP contribution < -0.4 is 4.74 Å². The predicted octanol–water partition coefficient (Wildman–Crippen LogP) is 11.8. The predicted molar refractivity (Wildman–Crippen MR) is 241 cm³/mol. The monoisotopic (exact) mass is 827 g/mol. The van der Waals surface area contributed by atoms with Crippen LogP contribution in [0.5, 0.6) is 5.75 Å². The van der Waals surface area contributed by atoms with Crippen molar-refractivity contribution in [2.75, 3.05) is 33.0 Å². The third kappa shape index (κ3) is 13.9. The molecule has 0 amide bonds. The van der Waals surface area contributed by atoms with Crippen LogP contribution in [0, 0.1) is 17.2 Å². The van der Waals surface area contributed by atoms with Crippen LogP contribution in [0.1, 0.15) is 140 Å². The van der Waals surface area contributed by atoms with Gasteiger partial charge in [-0.2, -0.15) is 0 Å². The van der Waals surface area contributed by atoms with Crippen molar-refractivity contribution in [3.63, 3.8) is 0 Å². The van der Waals surface area contributed by atoms with Gasteiger partial charge in [0.25, 0.3) is 0 Å². The van der Waals surface area contributed by atoms with Gasteiger partial charge < -0.3 is 24.4 Å². The van der Waals surface area contributed by atoms with Crippen LogP contribution in [0.15, 0.2) is 72.8 Å². The number of halogens is 1. The molecule has 2 N–H and O–H groups in total. The Bertz CT molecular complexity index is 1870. The lowest BCUT2D eigenvalue weighted by atomic mass is 9.77. The molecule has 0 aliphatic heterocycles. The van der Waals surface area contributed by atoms with Crippen molar-refractivity contribution in [3.8, 4) is 28.0 Å². The summed E-state index contributed by atoms with van der Waals surface area (Å²) in [6.07, 6.45) is 14.6. The average molecular weight is 827 g/mol. The number of rotatable bonds is 25. The molecular weight excluding hydrogens is 756 g/mol. The molecule has 328 valence electrons. The van der Waals surface area contributed by atoms with Gasteiger partial charge in [0.1, 0.15) is 11.6 Å². The number of carbonyl (C=O) groups excluding carboxylic acids is 2. The largest absolute Gasteiger partial charge is 0.492 e. The van der Waals surface area contributed by atoms with E-state index in [0.29, 0.717) is 54.1 Å². The SMILES string of the molecule is C=C(C)C(=O)OCCCc1cc(-c2ccc(-c3ccc(C4CCC(CCCCC)CC4)cc3F)cc2)c(CCCC)c(CCCOC(=O)C(=C)C)c1OCC(C)(CO)CO. The maximum Gasteiger partial charge on any atom is 0.333 e. The van der Waals surface area contributed by atoms with E-state index in [1.807, 2.05) is 18.2 Å². The summed E-state index contributed by atoms with van der Waals surface area (Å²) in [5.74, 6) is 0.800. The van der Waals surface area contributed by atoms with Gasteiger partial charge in [-0.05, 0) is 141 Å². The Balaban J connectivity index is 1.72. The van der Waals surface area contributed by atoms with E-state index < -0.39 is 17.4 Å². The number of hydrogen-bond acceptors (Lipinski definition) is 7. The summed E-state index contributed by atoms with van der Waals surface area (Å²) in [6.45, 7) is 16.7. The van der Waals surface area contributed by atoms with Crippen LogP contribution in [0.2, 0.25) is 0 Å². The maximum absolute atomic E-state index is 15.9. The molecule has 0 atom stereocenters. The van der Waals surface area contributed by atoms with Gasteiger partial charge in [-0.3, -0.25) is 0 Å². The Morgan fingerprint density at radius 2 is 1.30 bits per heavy atom. The second-order valence-corrected chi connectivity index (χ2v) is 17.5. The molecule has 60 heavy (non-hydrogen) atoms. The second kappa shape index (κ2) is 24.2. The Hall–Kier alpha value is -4.27. The van der Waals surface area contributed by atoms with Crippen LogP contribution in [-0.4, -0.2) is 55.2 Å². The van der Waals surface area contributed by atoms with Crippen molar-refractivity contribution in [2.45, 2.75) is 137 Å². The highest BCUT2D eigenvalue weighted by molar-refractivity contribution is 5.87. The molecule has 7 nitrogen and oxygen atoms in total. The first-order valence-corrected chi connectivity index (χ1v) is 22.4. The van der Waals surface area contributed by atoms with Gasteiger partial charge in [0.15, 0.2) is 0 Å². The van der Waals surface area contributed by atoms with Gasteiger partial charge in [-0.25, -0.2) is 14.0 Å². The van der Waals surface area contributed by atoms with E-state index in [1.54, 1.807) is 26.8 Å². The Morgan fingerprint density at radius 1 is 0.733 bits per heavy atom. The van der Waals surface area contributed by atoms with Crippen LogP contribution >= 0.6 is 0 Å². The first-order valence-electron chi connectivity index (χ1n) is 22.4. The van der Waals surface area contributed by atoms with E-state index in [4.69, 9.17) is 14.2 Å². The molecule has 0 saturated heterocycles. The molecule has 0 radical (unpaired) electrons. The third-order valence-electron chi connectivity index (χ3n) is 12.0. The van der Waals surface area contributed by atoms with Gasteiger partial charge in [-0.15, -0.1) is 0 Å². The number of hydrogen-bond donors (Lipinski definition) is 2. The van der Waals surface area contributed by atoms with Crippen molar-refractivity contribution in [1.82, 2.24) is 0 Å². The molecule has 1 fully saturated rings. The quantitative estimate of drug-likeness (QED) is 0.0498. The number of esters is 2. The van der Waals surface area contributed by atoms with Gasteiger partial charge in [-0.1, -0.05) is 102 Å². The standard InChI is InChI=1S/C52H71FO7/c1-8-10-12-15-38-19-21-39(22-20-38)42-27-28-44(48(53)32-42)40-23-25-41(26-24-40)47-31-43(16-13-29-58-50(56)36(3)4)49(60-35-52(7,33-54)34-55)46(45(47)17-11-9-2)18-14-30-59-51(57)37(5)6/h23-28,31-32,38-39,54-55H,3,5,8-22,29-30,33-35H2,1-2,4,6-7H3. The molecule has 0 aromatic heterocycles. The molecule has 4 rings (SSSR count). The minimum atomic E-state index is -0.887. The summed E-state index contributed by atoms with van der Waals surface area (Å²) in [5, 5.41) is 20.3. The van der Waals surface area contributed by atoms with Crippen LogP contribution in [-0.2, 0) is 38.3 Å². The summed E-state index contributed by atoms with van der Waals surface area (Å²) < 4.78 is 33.5. The number of aryl methyl sites for hydroxylation is 1. The van der Waals surface area contributed by atoms with Crippen molar-refractivity contribution in [1.29, 1.82) is 0 Å². The number of ether oxygens (including phenoxy) is 3. The number of aliphatic hydroxyl groups excluding tert-OH is 2. The van der Waals surface area contributed by atoms with E-state index in [0.717, 1.165) is 77.0 Å². The summed E-state index contributed by atoms with van der Waals surface area (Å²) in [6, 6.07) is 16.0. The molecular formula is C52H71FO7. The zero-order valence-electron chi connectivity index (χ0n) is 37.1. The third-order valence-corrected chi connectivity index (χ3v) is 12.0. The summed E-state index contributed by atoms with van der Waals surface area (Å²) >= 11 is 0. The maximum atomic E-state index is 15.9. The number of aliphatic hydroxyl groups is 2. The van der Waals surface area contributed by atoms with E-state index in [2.05, 4.69) is 51.3 Å². The van der Waals surface area contributed by atoms with Crippen LogP contribution in [0.25, 0.3) is 22.3 Å². The molecule has 0 heterocycles. The average Bonchev–Trinajstić information content (AvgIpc) is 3.25. The molecule has 0 unspecified atom stereocenters. The van der Waals surface area contributed by atoms with Crippen molar-refractivity contribution in [3.05, 3.63) is 101 Å². The van der Waals surface area contributed by atoms with Gasteiger partial charge >= 0.3 is 11.9 Å². The second-order valence-electron chi connectivity index (χ2n) is 17.5. The lowest BCUT2D eigenvalue weighted by Crippen LogP contribution is -2.33. The Labute approximate surface area is 359 Å². The number of benzene rings is 3. The van der Waals surface area contributed by atoms with Gasteiger partial charge in [0, 0.05) is 22.1 Å². The zero-order chi connectivity index (χ0) is 43.7. The molecule has 8 heteroatoms. The van der Waals surface area contributed by atoms with E-state index in [9.17, 15) is 19.8 Å². The van der Waals surface area contributed by atoms with Gasteiger partial charge in [0.05, 0.1) is 33.0 Å². The van der Waals surface area contributed by atoms with E-state index in [-0.39, 0.29) is 38.9 Å². The van der Waals surface area contributed by atoms with Gasteiger partial charge in [0.2, 0.25) is 0 Å². The van der Waals surface area contributed by atoms with Crippen molar-refractivity contribution >= 4 is 11.9 Å². The molecule has 1 aliphatic carbocycles. The minimum absolute atomic E-state index is 0.0707. The Kier molecular flexibility index (Phi) is 19.6. The zero-order valence-corrected chi connectivity index (χ0v) is 37.1. The highest BCUT2D eigenvalue weighted by Gasteiger charge is 2.27. The fourth-order valence-electron chi connectivity index (χ4n) is 8.14. The summed E-state index contributed by atoms with van der Waals surface area (Å²) in [7, 11) is 0. The van der Waals surface area contributed by atoms with E-state index in [1.165, 1.54) is 38.5 Å². The first kappa shape index (κ1) is 48.4. The van der Waals surface area contributed by atoms with Crippen LogP contribution in [0.3, 0.4) is 0 Å². The summed E-state index contributed by atoms with van der Waals surface area (Å²) in [5.41, 5.74) is 7.25. The molecule has 3 aromatic carbocycles. The fraction of sp³-hybridized carbons (Fsp3) is 0.538. The fourth-order valence-corrected chi connectivity index (χ4v) is 8.14. The Morgan fingerprint density at radius 3 is 1.85 bits per heavy atom. The van der Waals surface area contributed by atoms with Crippen LogP contribution in [0.4, 0.5) is 4.39 Å². The topological polar surface area (TPSA) is 102 Å². The molecule has 1 aliphatic rings. The lowest BCUT2D eigenvalue weighted by molar-refractivity contribution is -0.139. The van der Waals surface area contributed by atoms with E-state index >= 15 is 4.39 Å².